The van der Waals surface area contributed by atoms with Gasteiger partial charge < -0.3 is 5.11 Å². The molecule has 0 unspecified atom stereocenters. The van der Waals surface area contributed by atoms with Crippen molar-refractivity contribution in [2.24, 2.45) is 0 Å². The molecule has 0 bridgehead atoms. The number of hydrogen-bond donors (Lipinski definition) is 1. The third kappa shape index (κ3) is 1.66. The molecule has 1 heterocycles. The maximum absolute atomic E-state index is 8.91. The Morgan fingerprint density at radius 2 is 2.11 bits per heavy atom. The van der Waals surface area contributed by atoms with Crippen molar-refractivity contribution in [1.29, 1.82) is 0 Å². The van der Waals surface area contributed by atoms with Gasteiger partial charge in [-0.1, -0.05) is 0 Å². The lowest BCUT2D eigenvalue weighted by molar-refractivity contribution is 0.469. The maximum Gasteiger partial charge on any atom is 0.148 e. The van der Waals surface area contributed by atoms with E-state index in [1.807, 2.05) is 0 Å². The van der Waals surface area contributed by atoms with Crippen LogP contribution < -0.4 is 0 Å². The van der Waals surface area contributed by atoms with Crippen LogP contribution in [0, 0.1) is 0 Å². The van der Waals surface area contributed by atoms with E-state index in [-0.39, 0.29) is 5.75 Å². The molecule has 1 rings (SSSR count). The minimum absolute atomic E-state index is 0.151. The van der Waals surface area contributed by atoms with Gasteiger partial charge in [0.15, 0.2) is 0 Å². The largest absolute Gasteiger partial charge is 0.505 e. The van der Waals surface area contributed by atoms with E-state index in [0.29, 0.717) is 9.08 Å². The van der Waals surface area contributed by atoms with Gasteiger partial charge in [-0.05, 0) is 37.9 Å². The summed E-state index contributed by atoms with van der Waals surface area (Å²) in [5, 5.41) is 8.91. The third-order valence-corrected chi connectivity index (χ3v) is 1.87. The zero-order valence-corrected chi connectivity index (χ0v) is 7.48. The standard InChI is InChI=1S/C5H3Br2NO/c6-3-1-5(7)8-2-4(3)9/h1-2,9H. The Labute approximate surface area is 69.2 Å². The summed E-state index contributed by atoms with van der Waals surface area (Å²) in [4.78, 5) is 3.78. The highest BCUT2D eigenvalue weighted by Crippen LogP contribution is 2.24. The van der Waals surface area contributed by atoms with Crippen molar-refractivity contribution in [1.82, 2.24) is 4.98 Å². The Morgan fingerprint density at radius 3 is 2.56 bits per heavy atom. The number of rotatable bonds is 0. The Hall–Kier alpha value is -0.0900. The molecule has 0 aliphatic rings. The molecule has 0 aliphatic heterocycles. The van der Waals surface area contributed by atoms with Gasteiger partial charge in [-0.3, -0.25) is 0 Å². The third-order valence-electron chi connectivity index (χ3n) is 0.801. The first-order valence-electron chi connectivity index (χ1n) is 2.20. The summed E-state index contributed by atoms with van der Waals surface area (Å²) < 4.78 is 1.34. The quantitative estimate of drug-likeness (QED) is 0.719. The fraction of sp³-hybridized carbons (Fsp3) is 0. The zero-order valence-electron chi connectivity index (χ0n) is 4.31. The molecule has 4 heteroatoms. The molecule has 0 aromatic carbocycles. The van der Waals surface area contributed by atoms with Crippen LogP contribution in [0.25, 0.3) is 0 Å². The second kappa shape index (κ2) is 2.66. The van der Waals surface area contributed by atoms with Crippen LogP contribution >= 0.6 is 31.9 Å². The smallest absolute Gasteiger partial charge is 0.148 e. The van der Waals surface area contributed by atoms with Gasteiger partial charge in [-0.25, -0.2) is 4.98 Å². The molecule has 0 aliphatic carbocycles. The van der Waals surface area contributed by atoms with Crippen molar-refractivity contribution in [3.8, 4) is 5.75 Å². The maximum atomic E-state index is 8.91. The van der Waals surface area contributed by atoms with Crippen LogP contribution in [0.5, 0.6) is 5.75 Å². The van der Waals surface area contributed by atoms with Crippen molar-refractivity contribution in [2.75, 3.05) is 0 Å². The first-order valence-corrected chi connectivity index (χ1v) is 3.79. The topological polar surface area (TPSA) is 33.1 Å². The van der Waals surface area contributed by atoms with Crippen molar-refractivity contribution in [3.63, 3.8) is 0 Å². The predicted octanol–water partition coefficient (Wildman–Crippen LogP) is 2.31. The molecule has 0 radical (unpaired) electrons. The molecule has 1 aromatic heterocycles. The number of halogens is 2. The number of nitrogens with zero attached hydrogens (tertiary/aromatic N) is 1. The van der Waals surface area contributed by atoms with E-state index < -0.39 is 0 Å². The summed E-state index contributed by atoms with van der Waals surface area (Å²) in [6, 6.07) is 1.68. The van der Waals surface area contributed by atoms with E-state index >= 15 is 0 Å². The minimum atomic E-state index is 0.151. The molecule has 0 amide bonds. The Bertz CT molecular complexity index is 226. The molecule has 48 valence electrons. The molecule has 0 fully saturated rings. The molecule has 1 N–H and O–H groups in total. The van der Waals surface area contributed by atoms with Crippen molar-refractivity contribution >= 4 is 31.9 Å². The highest BCUT2D eigenvalue weighted by Gasteiger charge is 1.96. The molecule has 0 atom stereocenters. The van der Waals surface area contributed by atoms with Gasteiger partial charge in [0, 0.05) is 0 Å². The van der Waals surface area contributed by atoms with Gasteiger partial charge in [0.05, 0.1) is 10.7 Å². The van der Waals surface area contributed by atoms with E-state index in [0.717, 1.165) is 0 Å². The van der Waals surface area contributed by atoms with Crippen LogP contribution in [-0.4, -0.2) is 10.1 Å². The first kappa shape index (κ1) is 7.02. The summed E-state index contributed by atoms with van der Waals surface area (Å²) in [6.07, 6.45) is 1.37. The van der Waals surface area contributed by atoms with Gasteiger partial charge >= 0.3 is 0 Å². The number of aromatic hydroxyl groups is 1. The van der Waals surface area contributed by atoms with Crippen LogP contribution in [-0.2, 0) is 0 Å². The second-order valence-corrected chi connectivity index (χ2v) is 3.13. The van der Waals surface area contributed by atoms with Gasteiger partial charge in [-0.15, -0.1) is 0 Å². The molecular weight excluding hydrogens is 250 g/mol. The van der Waals surface area contributed by atoms with Crippen LogP contribution in [0.4, 0.5) is 0 Å². The summed E-state index contributed by atoms with van der Waals surface area (Å²) in [5.41, 5.74) is 0. The lowest BCUT2D eigenvalue weighted by atomic mass is 10.5. The lowest BCUT2D eigenvalue weighted by Crippen LogP contribution is -1.74. The van der Waals surface area contributed by atoms with E-state index in [4.69, 9.17) is 5.11 Å². The molecular formula is C5H3Br2NO. The normalized spacial score (nSPS) is 9.56. The molecule has 2 nitrogen and oxygen atoms in total. The summed E-state index contributed by atoms with van der Waals surface area (Å²) in [5.74, 6) is 0.151. The Kier molecular flexibility index (Phi) is 2.08. The lowest BCUT2D eigenvalue weighted by Gasteiger charge is -1.93. The van der Waals surface area contributed by atoms with Gasteiger partial charge in [0.25, 0.3) is 0 Å². The van der Waals surface area contributed by atoms with E-state index in [2.05, 4.69) is 36.8 Å². The summed E-state index contributed by atoms with van der Waals surface area (Å²) in [7, 11) is 0. The Balaban J connectivity index is 3.17. The van der Waals surface area contributed by atoms with Gasteiger partial charge in [0.1, 0.15) is 10.4 Å². The zero-order chi connectivity index (χ0) is 6.85. The van der Waals surface area contributed by atoms with Crippen LogP contribution in [0.3, 0.4) is 0 Å². The van der Waals surface area contributed by atoms with E-state index in [9.17, 15) is 0 Å². The minimum Gasteiger partial charge on any atom is -0.505 e. The Morgan fingerprint density at radius 1 is 1.44 bits per heavy atom. The average molecular weight is 253 g/mol. The molecule has 0 saturated heterocycles. The molecule has 0 saturated carbocycles. The number of pyridine rings is 1. The highest BCUT2D eigenvalue weighted by atomic mass is 79.9. The SMILES string of the molecule is Oc1cnc(Br)cc1Br. The van der Waals surface area contributed by atoms with E-state index in [1.165, 1.54) is 6.20 Å². The summed E-state index contributed by atoms with van der Waals surface area (Å²) in [6.45, 7) is 0. The van der Waals surface area contributed by atoms with Crippen molar-refractivity contribution in [2.45, 2.75) is 0 Å². The molecule has 0 spiro atoms. The van der Waals surface area contributed by atoms with Gasteiger partial charge in [-0.2, -0.15) is 0 Å². The van der Waals surface area contributed by atoms with Gasteiger partial charge in [0.2, 0.25) is 0 Å². The predicted molar refractivity (Wildman–Crippen MR) is 41.3 cm³/mol. The van der Waals surface area contributed by atoms with E-state index in [1.54, 1.807) is 6.07 Å². The van der Waals surface area contributed by atoms with Crippen LogP contribution in [0.1, 0.15) is 0 Å². The van der Waals surface area contributed by atoms with Crippen molar-refractivity contribution in [3.05, 3.63) is 21.3 Å². The fourth-order valence-electron chi connectivity index (χ4n) is 0.400. The van der Waals surface area contributed by atoms with Crippen molar-refractivity contribution < 1.29 is 5.11 Å². The highest BCUT2D eigenvalue weighted by molar-refractivity contribution is 9.11. The number of aromatic nitrogens is 1. The van der Waals surface area contributed by atoms with Crippen LogP contribution in [0.15, 0.2) is 21.3 Å². The average Bonchev–Trinajstić information content (AvgIpc) is 1.80. The summed E-state index contributed by atoms with van der Waals surface area (Å²) >= 11 is 6.27. The second-order valence-electron chi connectivity index (χ2n) is 1.46. The molecule has 9 heavy (non-hydrogen) atoms. The molecule has 1 aromatic rings. The number of hydrogen-bond acceptors (Lipinski definition) is 2. The monoisotopic (exact) mass is 251 g/mol. The van der Waals surface area contributed by atoms with Crippen LogP contribution in [0.2, 0.25) is 0 Å². The fourth-order valence-corrected chi connectivity index (χ4v) is 1.36. The first-order chi connectivity index (χ1) is 4.20.